The molecule has 162 valence electrons. The minimum Gasteiger partial charge on any atom is -0.322 e. The van der Waals surface area contributed by atoms with Crippen LogP contribution in [0.15, 0.2) is 52.1 Å². The minimum atomic E-state index is -0.634. The van der Waals surface area contributed by atoms with Crippen molar-refractivity contribution in [3.8, 4) is 11.5 Å². The zero-order chi connectivity index (χ0) is 22.4. The van der Waals surface area contributed by atoms with Crippen molar-refractivity contribution < 1.29 is 0 Å². The molecule has 0 amide bonds. The number of hydrogen-bond donors (Lipinski definition) is 1. The first-order valence-corrected chi connectivity index (χ1v) is 11.0. The van der Waals surface area contributed by atoms with E-state index in [0.29, 0.717) is 12.4 Å². The lowest BCUT2D eigenvalue weighted by Gasteiger charge is -2.17. The van der Waals surface area contributed by atoms with Gasteiger partial charge in [-0.1, -0.05) is 50.6 Å². The van der Waals surface area contributed by atoms with Gasteiger partial charge in [0.25, 0.3) is 5.56 Å². The summed E-state index contributed by atoms with van der Waals surface area (Å²) in [6.07, 6.45) is 4.11. The number of aryl methyl sites for hydroxylation is 4. The summed E-state index contributed by atoms with van der Waals surface area (Å²) >= 11 is 0. The van der Waals surface area contributed by atoms with Gasteiger partial charge in [0.1, 0.15) is 0 Å². The number of unbranched alkanes of at least 4 members (excludes halogenated alkanes) is 2. The predicted octanol–water partition coefficient (Wildman–Crippen LogP) is 4.64. The summed E-state index contributed by atoms with van der Waals surface area (Å²) in [7, 11) is 0. The van der Waals surface area contributed by atoms with Crippen LogP contribution in [0.4, 0.5) is 0 Å². The molecule has 1 N–H and O–H groups in total. The largest absolute Gasteiger partial charge is 0.349 e. The van der Waals surface area contributed by atoms with E-state index >= 15 is 0 Å². The van der Waals surface area contributed by atoms with Crippen molar-refractivity contribution in [2.45, 2.75) is 59.9 Å². The van der Waals surface area contributed by atoms with E-state index in [1.54, 1.807) is 0 Å². The van der Waals surface area contributed by atoms with E-state index in [2.05, 4.69) is 45.3 Å². The van der Waals surface area contributed by atoms with E-state index in [-0.39, 0.29) is 5.69 Å². The highest BCUT2D eigenvalue weighted by Crippen LogP contribution is 2.24. The molecular weight excluding hydrogens is 388 g/mol. The van der Waals surface area contributed by atoms with Gasteiger partial charge in [-0.25, -0.2) is 9.78 Å². The van der Waals surface area contributed by atoms with Gasteiger partial charge in [-0.15, -0.1) is 0 Å². The number of H-pyrrole nitrogens is 1. The molecule has 2 aliphatic heterocycles. The summed E-state index contributed by atoms with van der Waals surface area (Å²) in [4.78, 5) is 34.9. The summed E-state index contributed by atoms with van der Waals surface area (Å²) in [6.45, 7) is 8.76. The molecule has 2 aromatic rings. The Morgan fingerprint density at radius 1 is 0.903 bits per heavy atom. The maximum absolute atomic E-state index is 12.3. The Morgan fingerprint density at radius 3 is 2.35 bits per heavy atom. The molecule has 6 nitrogen and oxygen atoms in total. The Hall–Kier alpha value is -3.28. The highest BCUT2D eigenvalue weighted by molar-refractivity contribution is 5.81. The zero-order valence-corrected chi connectivity index (χ0v) is 18.7. The third-order valence-corrected chi connectivity index (χ3v) is 5.41. The third-order valence-electron chi connectivity index (χ3n) is 5.41. The van der Waals surface area contributed by atoms with Crippen molar-refractivity contribution >= 4 is 11.0 Å². The van der Waals surface area contributed by atoms with E-state index in [4.69, 9.17) is 0 Å². The molecule has 0 saturated carbocycles. The summed E-state index contributed by atoms with van der Waals surface area (Å²) < 4.78 is 1.98. The molecule has 0 radical (unpaired) electrons. The molecule has 6 heteroatoms. The topological polar surface area (TPSA) is 80.6 Å². The van der Waals surface area contributed by atoms with Gasteiger partial charge < -0.3 is 4.57 Å². The molecule has 0 aromatic heterocycles. The van der Waals surface area contributed by atoms with Crippen LogP contribution in [0.1, 0.15) is 49.8 Å². The van der Waals surface area contributed by atoms with Crippen LogP contribution in [-0.4, -0.2) is 19.5 Å². The monoisotopic (exact) mass is 418 g/mol. The quantitative estimate of drug-likeness (QED) is 0.365. The normalized spacial score (nSPS) is 10.8. The van der Waals surface area contributed by atoms with Crippen LogP contribution in [-0.2, 0) is 13.0 Å². The van der Waals surface area contributed by atoms with Crippen molar-refractivity contribution in [1.29, 1.82) is 0 Å². The Bertz CT molecular complexity index is 1240. The summed E-state index contributed by atoms with van der Waals surface area (Å²) in [5.41, 5.74) is 4.34. The van der Waals surface area contributed by atoms with Gasteiger partial charge in [0, 0.05) is 6.54 Å². The number of fused-ring (bicyclic) bond motifs is 2. The number of aromatic amines is 1. The molecule has 0 bridgehead atoms. The molecule has 0 saturated heterocycles. The van der Waals surface area contributed by atoms with E-state index in [0.717, 1.165) is 47.8 Å². The molecular formula is C25H30N4O2. The average molecular weight is 419 g/mol. The van der Waals surface area contributed by atoms with Crippen molar-refractivity contribution in [3.63, 3.8) is 0 Å². The Balaban J connectivity index is 0.00000132. The number of hydrogen-bond acceptors (Lipinski definition) is 4. The lowest BCUT2D eigenvalue weighted by molar-refractivity contribution is 0.592. The first kappa shape index (κ1) is 22.4. The highest BCUT2D eigenvalue weighted by atomic mass is 16.2. The molecule has 2 aromatic carbocycles. The molecule has 0 spiro atoms. The van der Waals surface area contributed by atoms with E-state index in [9.17, 15) is 9.59 Å². The predicted molar refractivity (Wildman–Crippen MR) is 126 cm³/mol. The van der Waals surface area contributed by atoms with E-state index in [1.165, 1.54) is 5.56 Å². The average Bonchev–Trinajstić information content (AvgIpc) is 2.77. The SMILES string of the molecule is CC.Cc1cc2nc3c(=O)[nH]c(=O)nc-3n(CCCCCc3ccccc3)c2cc1C. The van der Waals surface area contributed by atoms with Crippen molar-refractivity contribution in [3.05, 3.63) is 80.0 Å². The van der Waals surface area contributed by atoms with E-state index < -0.39 is 11.2 Å². The lowest BCUT2D eigenvalue weighted by Crippen LogP contribution is -2.29. The molecule has 2 aliphatic rings. The van der Waals surface area contributed by atoms with Gasteiger partial charge in [-0.3, -0.25) is 9.78 Å². The lowest BCUT2D eigenvalue weighted by atomic mass is 10.1. The van der Waals surface area contributed by atoms with Crippen molar-refractivity contribution in [1.82, 2.24) is 19.5 Å². The maximum atomic E-state index is 12.3. The van der Waals surface area contributed by atoms with Crippen LogP contribution >= 0.6 is 0 Å². The van der Waals surface area contributed by atoms with Gasteiger partial charge >= 0.3 is 5.69 Å². The molecule has 4 rings (SSSR count). The number of rotatable bonds is 6. The first-order valence-electron chi connectivity index (χ1n) is 11.0. The number of benzene rings is 2. The smallest absolute Gasteiger partial charge is 0.322 e. The third kappa shape index (κ3) is 5.08. The summed E-state index contributed by atoms with van der Waals surface area (Å²) in [6, 6.07) is 14.5. The standard InChI is InChI=1S/C23H24N4O2.C2H6/c1-15-13-18-19(14-16(15)2)27(21-20(24-18)22(28)26-23(29)25-21)12-8-4-7-11-17-9-5-3-6-10-17;1-2/h3,5-6,9-10,13-14H,4,7-8,11-12H2,1-2H3,(H,26,28,29);1-2H3. The fraction of sp³-hybridized carbons (Fsp3) is 0.360. The maximum Gasteiger partial charge on any atom is 0.349 e. The van der Waals surface area contributed by atoms with Crippen LogP contribution in [0, 0.1) is 13.8 Å². The summed E-state index contributed by atoms with van der Waals surface area (Å²) in [5, 5.41) is 0. The van der Waals surface area contributed by atoms with Gasteiger partial charge in [0.2, 0.25) is 0 Å². The van der Waals surface area contributed by atoms with Crippen LogP contribution in [0.5, 0.6) is 0 Å². The number of aromatic nitrogens is 4. The van der Waals surface area contributed by atoms with Crippen LogP contribution in [0.25, 0.3) is 22.6 Å². The minimum absolute atomic E-state index is 0.213. The molecule has 31 heavy (non-hydrogen) atoms. The van der Waals surface area contributed by atoms with Crippen molar-refractivity contribution in [2.24, 2.45) is 0 Å². The zero-order valence-electron chi connectivity index (χ0n) is 18.7. The van der Waals surface area contributed by atoms with Gasteiger partial charge in [0.05, 0.1) is 11.0 Å². The van der Waals surface area contributed by atoms with Gasteiger partial charge in [0.15, 0.2) is 11.5 Å². The van der Waals surface area contributed by atoms with Gasteiger partial charge in [-0.2, -0.15) is 4.98 Å². The highest BCUT2D eigenvalue weighted by Gasteiger charge is 2.18. The number of nitrogens with one attached hydrogen (secondary N) is 1. The Morgan fingerprint density at radius 2 is 1.61 bits per heavy atom. The fourth-order valence-electron chi connectivity index (χ4n) is 3.70. The van der Waals surface area contributed by atoms with E-state index in [1.807, 2.05) is 44.4 Å². The molecule has 0 unspecified atom stereocenters. The Kier molecular flexibility index (Phi) is 7.34. The number of nitrogens with zero attached hydrogens (tertiary/aromatic N) is 3. The van der Waals surface area contributed by atoms with Crippen molar-refractivity contribution in [2.75, 3.05) is 0 Å². The first-order chi connectivity index (χ1) is 15.0. The molecule has 2 heterocycles. The second-order valence-electron chi connectivity index (χ2n) is 7.53. The van der Waals surface area contributed by atoms with Crippen LogP contribution in [0.2, 0.25) is 0 Å². The Labute approximate surface area is 182 Å². The second kappa shape index (κ2) is 10.2. The molecule has 0 aliphatic carbocycles. The van der Waals surface area contributed by atoms with Gasteiger partial charge in [-0.05, 0) is 61.9 Å². The molecule has 0 fully saturated rings. The van der Waals surface area contributed by atoms with Crippen LogP contribution in [0.3, 0.4) is 0 Å². The fourth-order valence-corrected chi connectivity index (χ4v) is 3.70. The molecule has 0 atom stereocenters. The second-order valence-corrected chi connectivity index (χ2v) is 7.53. The summed E-state index contributed by atoms with van der Waals surface area (Å²) in [5.74, 6) is 0.359. The van der Waals surface area contributed by atoms with Crippen LogP contribution < -0.4 is 11.2 Å².